The fraction of sp³-hybridized carbons (Fsp3) is 0.400. The number of nitrogens with zero attached hydrogens (tertiary/aromatic N) is 4. The van der Waals surface area contributed by atoms with Crippen LogP contribution in [0.3, 0.4) is 0 Å². The second-order valence-electron chi connectivity index (χ2n) is 9.63. The minimum atomic E-state index is -4.91. The molecular formula is C25H30N6O8S2. The van der Waals surface area contributed by atoms with Crippen LogP contribution in [0.5, 0.6) is 5.75 Å². The Bertz CT molecular complexity index is 1570. The van der Waals surface area contributed by atoms with Crippen LogP contribution in [0.4, 0.5) is 10.9 Å². The summed E-state index contributed by atoms with van der Waals surface area (Å²) in [5, 5.41) is 11.4. The van der Waals surface area contributed by atoms with E-state index in [2.05, 4.69) is 31.6 Å². The number of ketones is 1. The maximum atomic E-state index is 13.2. The van der Waals surface area contributed by atoms with Gasteiger partial charge in [-0.25, -0.2) is 9.97 Å². The number of carbonyl (C=O) groups excluding carboxylic acids is 2. The van der Waals surface area contributed by atoms with Gasteiger partial charge in [-0.05, 0) is 49.9 Å². The predicted molar refractivity (Wildman–Crippen MR) is 152 cm³/mol. The van der Waals surface area contributed by atoms with Crippen molar-refractivity contribution in [2.75, 3.05) is 30.8 Å². The van der Waals surface area contributed by atoms with Crippen LogP contribution in [0.1, 0.15) is 39.3 Å². The summed E-state index contributed by atoms with van der Waals surface area (Å²) in [7, 11) is -4.91. The molecule has 4 rings (SSSR count). The molecule has 2 aromatic heterocycles. The van der Waals surface area contributed by atoms with Crippen molar-refractivity contribution in [2.24, 2.45) is 11.1 Å². The monoisotopic (exact) mass is 606 g/mol. The topological polar surface area (TPSA) is 196 Å². The number of ether oxygens (including phenoxy) is 1. The first-order valence-corrected chi connectivity index (χ1v) is 14.9. The molecule has 14 nitrogen and oxygen atoms in total. The van der Waals surface area contributed by atoms with Crippen molar-refractivity contribution in [2.45, 2.75) is 39.2 Å². The number of hydrogen-bond acceptors (Lipinski definition) is 13. The van der Waals surface area contributed by atoms with E-state index in [-0.39, 0.29) is 36.2 Å². The first-order chi connectivity index (χ1) is 19.4. The maximum absolute atomic E-state index is 13.2. The maximum Gasteiger partial charge on any atom is 0.418 e. The summed E-state index contributed by atoms with van der Waals surface area (Å²) in [6.07, 6.45) is 2.36. The first kappa shape index (κ1) is 30.1. The van der Waals surface area contributed by atoms with Crippen LogP contribution in [0.2, 0.25) is 0 Å². The van der Waals surface area contributed by atoms with Crippen LogP contribution in [0, 0.1) is 5.92 Å². The van der Waals surface area contributed by atoms with Crippen LogP contribution >= 0.6 is 11.3 Å². The van der Waals surface area contributed by atoms with E-state index in [1.165, 1.54) is 19.2 Å². The number of carbonyl (C=O) groups is 2. The SMILES string of the molecule is CCCNc1nccc2cc(OCCO/N=C(\C(=O)CC3C(=O)N(OS(=O)(=O)O)C3(C)C)c3csc(N)n3)ccc12. The molecule has 3 aromatic rings. The fourth-order valence-corrected chi connectivity index (χ4v) is 5.22. The van der Waals surface area contributed by atoms with E-state index in [1.807, 2.05) is 24.3 Å². The van der Waals surface area contributed by atoms with Crippen LogP contribution in [-0.4, -0.2) is 70.7 Å². The molecule has 0 spiro atoms. The second-order valence-corrected chi connectivity index (χ2v) is 11.5. The molecule has 1 amide bonds. The van der Waals surface area contributed by atoms with Gasteiger partial charge in [0, 0.05) is 29.9 Å². The summed E-state index contributed by atoms with van der Waals surface area (Å²) in [5.41, 5.74) is 4.54. The Kier molecular flexibility index (Phi) is 9.06. The van der Waals surface area contributed by atoms with Gasteiger partial charge in [-0.2, -0.15) is 13.5 Å². The summed E-state index contributed by atoms with van der Waals surface area (Å²) >= 11 is 1.10. The second kappa shape index (κ2) is 12.3. The lowest BCUT2D eigenvalue weighted by Crippen LogP contribution is -2.68. The zero-order valence-electron chi connectivity index (χ0n) is 22.6. The smallest absolute Gasteiger partial charge is 0.418 e. The van der Waals surface area contributed by atoms with E-state index in [0.29, 0.717) is 10.8 Å². The predicted octanol–water partition coefficient (Wildman–Crippen LogP) is 2.83. The molecule has 220 valence electrons. The molecule has 3 heterocycles. The number of fused-ring (bicyclic) bond motifs is 1. The normalized spacial score (nSPS) is 16.9. The molecular weight excluding hydrogens is 576 g/mol. The number of hydrogen-bond donors (Lipinski definition) is 3. The number of nitrogens with two attached hydrogens (primary N) is 1. The van der Waals surface area contributed by atoms with Gasteiger partial charge >= 0.3 is 10.4 Å². The Morgan fingerprint density at radius 3 is 2.73 bits per heavy atom. The lowest BCUT2D eigenvalue weighted by molar-refractivity contribution is -0.228. The van der Waals surface area contributed by atoms with E-state index >= 15 is 0 Å². The van der Waals surface area contributed by atoms with Gasteiger partial charge in [0.1, 0.15) is 23.9 Å². The zero-order chi connectivity index (χ0) is 29.8. The Labute approximate surface area is 240 Å². The van der Waals surface area contributed by atoms with Crippen LogP contribution < -0.4 is 15.8 Å². The van der Waals surface area contributed by atoms with E-state index < -0.39 is 33.5 Å². The van der Waals surface area contributed by atoms with Gasteiger partial charge in [-0.1, -0.05) is 12.1 Å². The average molecular weight is 607 g/mol. The zero-order valence-corrected chi connectivity index (χ0v) is 24.2. The highest BCUT2D eigenvalue weighted by atomic mass is 32.3. The number of thiazole rings is 1. The summed E-state index contributed by atoms with van der Waals surface area (Å²) in [5.74, 6) is -0.888. The standard InChI is InChI=1S/C25H30N6O8S2/c1-4-8-27-22-17-6-5-16(12-15(17)7-9-28-22)37-10-11-38-30-21(19-14-40-24(26)29-19)20(32)13-18-23(33)31(25(18,2)3)39-41(34,35)36/h5-7,9,12,14,18H,4,8,10-11,13H2,1-3H3,(H2,26,29)(H,27,28)(H,34,35,36)/b30-21-. The molecule has 1 unspecified atom stereocenters. The van der Waals surface area contributed by atoms with E-state index in [1.54, 1.807) is 6.20 Å². The van der Waals surface area contributed by atoms with Gasteiger partial charge < -0.3 is 20.6 Å². The number of oxime groups is 1. The van der Waals surface area contributed by atoms with Crippen LogP contribution in [0.25, 0.3) is 10.8 Å². The van der Waals surface area contributed by atoms with Crippen molar-refractivity contribution in [3.8, 4) is 5.75 Å². The highest BCUT2D eigenvalue weighted by Gasteiger charge is 2.57. The third-order valence-corrected chi connectivity index (χ3v) is 7.35. The lowest BCUT2D eigenvalue weighted by Gasteiger charge is -2.50. The number of nitrogen functional groups attached to an aromatic ring is 1. The van der Waals surface area contributed by atoms with Crippen molar-refractivity contribution in [3.63, 3.8) is 0 Å². The molecule has 41 heavy (non-hydrogen) atoms. The van der Waals surface area contributed by atoms with Gasteiger partial charge in [0.15, 0.2) is 23.2 Å². The fourth-order valence-electron chi connectivity index (χ4n) is 4.22. The van der Waals surface area contributed by atoms with Crippen LogP contribution in [0.15, 0.2) is 41.0 Å². The summed E-state index contributed by atoms with van der Waals surface area (Å²) in [6.45, 7) is 6.01. The molecule has 1 atom stereocenters. The number of Topliss-reactive ketones (excluding diaryl/α,β-unsaturated/α-hetero) is 1. The number of aromatic nitrogens is 2. The van der Waals surface area contributed by atoms with E-state index in [9.17, 15) is 18.0 Å². The summed E-state index contributed by atoms with van der Waals surface area (Å²) in [6, 6.07) is 7.52. The third kappa shape index (κ3) is 7.08. The molecule has 16 heteroatoms. The van der Waals surface area contributed by atoms with Gasteiger partial charge in [-0.3, -0.25) is 14.1 Å². The number of amides is 1. The molecule has 4 N–H and O–H groups in total. The molecule has 0 bridgehead atoms. The Hall–Kier alpha value is -3.86. The van der Waals surface area contributed by atoms with Crippen molar-refractivity contribution >= 4 is 60.9 Å². The third-order valence-electron chi connectivity index (χ3n) is 6.34. The Morgan fingerprint density at radius 2 is 2.07 bits per heavy atom. The van der Waals surface area contributed by atoms with Crippen molar-refractivity contribution in [1.82, 2.24) is 15.0 Å². The van der Waals surface area contributed by atoms with Gasteiger partial charge in [0.2, 0.25) is 0 Å². The average Bonchev–Trinajstić information content (AvgIpc) is 3.35. The Balaban J connectivity index is 1.39. The number of nitrogens with one attached hydrogen (secondary N) is 1. The van der Waals surface area contributed by atoms with Crippen LogP contribution in [-0.2, 0) is 29.1 Å². The van der Waals surface area contributed by atoms with Crippen molar-refractivity contribution < 1.29 is 36.4 Å². The number of hydroxylamine groups is 2. The van der Waals surface area contributed by atoms with Gasteiger partial charge in [-0.15, -0.1) is 15.6 Å². The number of β-lactam (4-membered cyclic amide) rings is 1. The summed E-state index contributed by atoms with van der Waals surface area (Å²) < 4.78 is 41.2. The van der Waals surface area contributed by atoms with E-state index in [0.717, 1.165) is 40.9 Å². The quantitative estimate of drug-likeness (QED) is 0.0799. The Morgan fingerprint density at radius 1 is 1.29 bits per heavy atom. The molecule has 0 radical (unpaired) electrons. The number of benzene rings is 1. The number of anilines is 2. The highest BCUT2D eigenvalue weighted by molar-refractivity contribution is 7.80. The minimum Gasteiger partial charge on any atom is -0.490 e. The summed E-state index contributed by atoms with van der Waals surface area (Å²) in [4.78, 5) is 39.5. The molecule has 1 saturated heterocycles. The van der Waals surface area contributed by atoms with Crippen molar-refractivity contribution in [1.29, 1.82) is 0 Å². The largest absolute Gasteiger partial charge is 0.490 e. The molecule has 1 fully saturated rings. The number of rotatable bonds is 14. The molecule has 0 aliphatic carbocycles. The minimum absolute atomic E-state index is 0.00207. The number of pyridine rings is 1. The van der Waals surface area contributed by atoms with Gasteiger partial charge in [0.25, 0.3) is 5.91 Å². The molecule has 1 aromatic carbocycles. The molecule has 0 saturated carbocycles. The van der Waals surface area contributed by atoms with E-state index in [4.69, 9.17) is 19.9 Å². The van der Waals surface area contributed by atoms with Crippen molar-refractivity contribution in [3.05, 3.63) is 41.5 Å². The first-order valence-electron chi connectivity index (χ1n) is 12.6. The molecule has 1 aliphatic heterocycles. The molecule has 1 aliphatic rings. The highest BCUT2D eigenvalue weighted by Crippen LogP contribution is 2.40. The lowest BCUT2D eigenvalue weighted by atomic mass is 9.74. The van der Waals surface area contributed by atoms with Gasteiger partial charge in [0.05, 0.1) is 11.5 Å².